The van der Waals surface area contributed by atoms with E-state index in [1.807, 2.05) is 0 Å². The third kappa shape index (κ3) is 4.14. The van der Waals surface area contributed by atoms with Crippen LogP contribution in [0.3, 0.4) is 0 Å². The SMILES string of the molecule is CC(C)(C[C@@](CF)(CC=O)c1nc(Br)ccc1F)S(N)=O. The van der Waals surface area contributed by atoms with Gasteiger partial charge in [0.25, 0.3) is 0 Å². The second-order valence-corrected chi connectivity index (χ2v) is 8.00. The number of halogens is 3. The van der Waals surface area contributed by atoms with Crippen LogP contribution in [0, 0.1) is 5.82 Å². The fraction of sp³-hybridized carbons (Fsp3) is 0.538. The first-order chi connectivity index (χ1) is 9.68. The van der Waals surface area contributed by atoms with Gasteiger partial charge in [-0.15, -0.1) is 0 Å². The first-order valence-corrected chi connectivity index (χ1v) is 8.17. The van der Waals surface area contributed by atoms with E-state index in [1.54, 1.807) is 13.8 Å². The van der Waals surface area contributed by atoms with Crippen LogP contribution in [0.15, 0.2) is 16.7 Å². The molecule has 1 rings (SSSR count). The summed E-state index contributed by atoms with van der Waals surface area (Å²) in [6, 6.07) is 2.53. The molecule has 0 aliphatic carbocycles. The molecule has 0 aliphatic rings. The van der Waals surface area contributed by atoms with E-state index < -0.39 is 33.6 Å². The predicted octanol–water partition coefficient (Wildman–Crippen LogP) is 2.57. The number of nitrogens with two attached hydrogens (primary N) is 1. The van der Waals surface area contributed by atoms with Gasteiger partial charge in [-0.2, -0.15) is 0 Å². The van der Waals surface area contributed by atoms with Crippen molar-refractivity contribution >= 4 is 33.2 Å². The molecule has 0 fully saturated rings. The van der Waals surface area contributed by atoms with Crippen molar-refractivity contribution in [2.24, 2.45) is 5.14 Å². The van der Waals surface area contributed by atoms with Crippen LogP contribution in [-0.2, 0) is 21.2 Å². The normalized spacial score (nSPS) is 16.3. The summed E-state index contributed by atoms with van der Waals surface area (Å²) in [6.45, 7) is 2.15. The molecule has 1 unspecified atom stereocenters. The van der Waals surface area contributed by atoms with Gasteiger partial charge in [-0.1, -0.05) is 0 Å². The van der Waals surface area contributed by atoms with Crippen molar-refractivity contribution in [3.8, 4) is 0 Å². The first kappa shape index (κ1) is 18.3. The third-order valence-electron chi connectivity index (χ3n) is 3.35. The number of rotatable bonds is 7. The molecule has 2 atom stereocenters. The van der Waals surface area contributed by atoms with Crippen molar-refractivity contribution in [2.75, 3.05) is 6.67 Å². The summed E-state index contributed by atoms with van der Waals surface area (Å²) in [5.41, 5.74) is -1.65. The summed E-state index contributed by atoms with van der Waals surface area (Å²) >= 11 is 3.10. The Labute approximate surface area is 133 Å². The standard InChI is InChI=1S/C13H17BrF2N2O2S/c1-12(2,21(17)20)7-13(8-15,5-6-19)11-9(16)3-4-10(14)18-11/h3-4,6H,5,7-8,17H2,1-2H3/t13-,21?/m1/s1. The fourth-order valence-electron chi connectivity index (χ4n) is 2.25. The van der Waals surface area contributed by atoms with Gasteiger partial charge in [-0.3, -0.25) is 9.53 Å². The summed E-state index contributed by atoms with van der Waals surface area (Å²) in [5.74, 6) is -0.712. The van der Waals surface area contributed by atoms with Crippen molar-refractivity contribution in [3.63, 3.8) is 0 Å². The topological polar surface area (TPSA) is 73.1 Å². The van der Waals surface area contributed by atoms with Gasteiger partial charge in [0, 0.05) is 6.42 Å². The molecular formula is C13H17BrF2N2O2S. The van der Waals surface area contributed by atoms with Crippen LogP contribution in [0.1, 0.15) is 32.4 Å². The maximum absolute atomic E-state index is 14.1. The lowest BCUT2D eigenvalue weighted by molar-refractivity contribution is -0.109. The summed E-state index contributed by atoms with van der Waals surface area (Å²) in [6.07, 6.45) is 0.167. The Hall–Kier alpha value is -0.730. The van der Waals surface area contributed by atoms with Crippen LogP contribution >= 0.6 is 15.9 Å². The van der Waals surface area contributed by atoms with Crippen LogP contribution in [0.2, 0.25) is 0 Å². The second-order valence-electron chi connectivity index (χ2n) is 5.48. The minimum Gasteiger partial charge on any atom is -0.303 e. The maximum atomic E-state index is 14.1. The van der Waals surface area contributed by atoms with E-state index in [1.165, 1.54) is 6.07 Å². The minimum absolute atomic E-state index is 0.0707. The zero-order valence-corrected chi connectivity index (χ0v) is 14.1. The minimum atomic E-state index is -1.76. The van der Waals surface area contributed by atoms with Crippen molar-refractivity contribution < 1.29 is 17.8 Å². The van der Waals surface area contributed by atoms with Gasteiger partial charge in [-0.25, -0.2) is 13.6 Å². The monoisotopic (exact) mass is 382 g/mol. The molecule has 0 saturated heterocycles. The van der Waals surface area contributed by atoms with Crippen LogP contribution < -0.4 is 5.14 Å². The van der Waals surface area contributed by atoms with Gasteiger partial charge in [0.1, 0.15) is 23.4 Å². The summed E-state index contributed by atoms with van der Waals surface area (Å²) < 4.78 is 38.8. The number of carbonyl (C=O) groups is 1. The lowest BCUT2D eigenvalue weighted by Gasteiger charge is -2.35. The Kier molecular flexibility index (Phi) is 6.12. The largest absolute Gasteiger partial charge is 0.303 e. The average molecular weight is 383 g/mol. The number of alkyl halides is 1. The molecule has 1 aromatic rings. The number of nitrogens with zero attached hydrogens (tertiary/aromatic N) is 1. The van der Waals surface area contributed by atoms with E-state index in [2.05, 4.69) is 20.9 Å². The first-order valence-electron chi connectivity index (χ1n) is 6.17. The molecule has 0 bridgehead atoms. The van der Waals surface area contributed by atoms with Gasteiger partial charge < -0.3 is 4.79 Å². The Morgan fingerprint density at radius 3 is 2.57 bits per heavy atom. The van der Waals surface area contributed by atoms with Gasteiger partial charge in [0.2, 0.25) is 0 Å². The number of aromatic nitrogens is 1. The Morgan fingerprint density at radius 1 is 1.48 bits per heavy atom. The molecule has 0 amide bonds. The highest BCUT2D eigenvalue weighted by Gasteiger charge is 2.43. The highest BCUT2D eigenvalue weighted by Crippen LogP contribution is 2.38. The summed E-state index contributed by atoms with van der Waals surface area (Å²) in [7, 11) is -1.76. The Bertz CT molecular complexity index is 557. The number of carbonyl (C=O) groups excluding carboxylic acids is 1. The lowest BCUT2D eigenvalue weighted by Crippen LogP contribution is -2.43. The Morgan fingerprint density at radius 2 is 2.10 bits per heavy atom. The van der Waals surface area contributed by atoms with Crippen LogP contribution in [0.4, 0.5) is 8.78 Å². The van der Waals surface area contributed by atoms with Gasteiger partial charge in [-0.05, 0) is 48.3 Å². The second kappa shape index (κ2) is 7.02. The maximum Gasteiger partial charge on any atom is 0.145 e. The van der Waals surface area contributed by atoms with Crippen molar-refractivity contribution in [2.45, 2.75) is 36.9 Å². The van der Waals surface area contributed by atoms with Crippen molar-refractivity contribution in [1.82, 2.24) is 4.98 Å². The molecule has 4 nitrogen and oxygen atoms in total. The van der Waals surface area contributed by atoms with E-state index in [9.17, 15) is 17.8 Å². The smallest absolute Gasteiger partial charge is 0.145 e. The Balaban J connectivity index is 3.42. The van der Waals surface area contributed by atoms with Crippen molar-refractivity contribution in [3.05, 3.63) is 28.2 Å². The van der Waals surface area contributed by atoms with Crippen LogP contribution in [0.25, 0.3) is 0 Å². The zero-order chi connectivity index (χ0) is 16.3. The van der Waals surface area contributed by atoms with E-state index in [4.69, 9.17) is 5.14 Å². The number of pyridine rings is 1. The molecule has 21 heavy (non-hydrogen) atoms. The van der Waals surface area contributed by atoms with Crippen molar-refractivity contribution in [1.29, 1.82) is 0 Å². The number of hydrogen-bond donors (Lipinski definition) is 1. The molecular weight excluding hydrogens is 366 g/mol. The predicted molar refractivity (Wildman–Crippen MR) is 81.3 cm³/mol. The number of hydrogen-bond acceptors (Lipinski definition) is 3. The van der Waals surface area contributed by atoms with E-state index in [0.717, 1.165) is 6.07 Å². The lowest BCUT2D eigenvalue weighted by atomic mass is 9.75. The van der Waals surface area contributed by atoms with Gasteiger partial charge in [0.15, 0.2) is 0 Å². The molecule has 0 radical (unpaired) electrons. The molecule has 0 aliphatic heterocycles. The zero-order valence-electron chi connectivity index (χ0n) is 11.7. The average Bonchev–Trinajstić information content (AvgIpc) is 2.40. The molecule has 1 heterocycles. The molecule has 8 heteroatoms. The van der Waals surface area contributed by atoms with Crippen LogP contribution in [-0.4, -0.2) is 26.9 Å². The fourth-order valence-corrected chi connectivity index (χ4v) is 2.98. The molecule has 2 N–H and O–H groups in total. The summed E-state index contributed by atoms with van der Waals surface area (Å²) in [5, 5.41) is 5.41. The van der Waals surface area contributed by atoms with Gasteiger partial charge >= 0.3 is 0 Å². The van der Waals surface area contributed by atoms with E-state index in [0.29, 0.717) is 10.9 Å². The number of aldehydes is 1. The third-order valence-corrected chi connectivity index (χ3v) is 5.03. The quantitative estimate of drug-likeness (QED) is 0.581. The van der Waals surface area contributed by atoms with Crippen LogP contribution in [0.5, 0.6) is 0 Å². The highest BCUT2D eigenvalue weighted by molar-refractivity contribution is 9.10. The molecule has 0 aromatic carbocycles. The van der Waals surface area contributed by atoms with E-state index in [-0.39, 0.29) is 18.5 Å². The molecule has 0 saturated carbocycles. The molecule has 0 spiro atoms. The van der Waals surface area contributed by atoms with E-state index >= 15 is 0 Å². The highest BCUT2D eigenvalue weighted by atomic mass is 79.9. The van der Waals surface area contributed by atoms with Gasteiger partial charge in [0.05, 0.1) is 26.8 Å². The molecule has 118 valence electrons. The summed E-state index contributed by atoms with van der Waals surface area (Å²) in [4.78, 5) is 15.0. The molecule has 1 aromatic heterocycles.